The molecule has 0 saturated heterocycles. The molecule has 0 amide bonds. The Morgan fingerprint density at radius 1 is 0.387 bits per heavy atom. The first-order valence-electron chi connectivity index (χ1n) is 11.8. The van der Waals surface area contributed by atoms with E-state index in [1.165, 1.54) is 0 Å². The third kappa shape index (κ3) is 10.1. The van der Waals surface area contributed by atoms with Gasteiger partial charge in [-0.3, -0.25) is 0 Å². The predicted molar refractivity (Wildman–Crippen MR) is 165 cm³/mol. The van der Waals surface area contributed by atoms with Crippen LogP contribution < -0.4 is 0 Å². The molecule has 0 aliphatic heterocycles. The zero-order valence-corrected chi connectivity index (χ0v) is 33.2. The SMILES string of the molecule is C[Si](C)(C)C#[C][Sn]([C]#C[Si](C)(C)C)([N]([Si](C)(C)C)[Si](C)(C)C)[N]([Si](C)(C)C)[Si](C)(C)C. The van der Waals surface area contributed by atoms with Crippen molar-refractivity contribution in [2.24, 2.45) is 0 Å². The zero-order valence-electron chi connectivity index (χ0n) is 24.4. The van der Waals surface area contributed by atoms with Crippen LogP contribution in [0.4, 0.5) is 0 Å². The minimum absolute atomic E-state index is 1.53. The van der Waals surface area contributed by atoms with Gasteiger partial charge in [-0.25, -0.2) is 0 Å². The molecule has 0 fully saturated rings. The Morgan fingerprint density at radius 3 is 0.710 bits per heavy atom. The fourth-order valence-electron chi connectivity index (χ4n) is 4.86. The molecule has 0 saturated carbocycles. The maximum absolute atomic E-state index is 4.23. The number of hydrogen-bond donors (Lipinski definition) is 0. The van der Waals surface area contributed by atoms with Crippen LogP contribution in [0.1, 0.15) is 0 Å². The molecule has 0 aromatic carbocycles. The molecule has 0 unspecified atom stereocenters. The van der Waals surface area contributed by atoms with Gasteiger partial charge in [0.1, 0.15) is 0 Å². The maximum atomic E-state index is 4.23. The van der Waals surface area contributed by atoms with Gasteiger partial charge in [0.2, 0.25) is 0 Å². The minimum atomic E-state index is -3.63. The summed E-state index contributed by atoms with van der Waals surface area (Å²) < 4.78 is 14.8. The standard InChI is InChI=1S/2C6H18NSi2.2C5H9Si.Sn/c2*1-8(2,3)7-9(4,5)6;2*1-5-6(2,3)4;/h2*1-6H3;2*2-4H3;/q2*-1;;;+2. The van der Waals surface area contributed by atoms with Gasteiger partial charge >= 0.3 is 210 Å². The number of rotatable bonds is 6. The summed E-state index contributed by atoms with van der Waals surface area (Å²) in [4.78, 5) is 0. The molecule has 0 aliphatic rings. The third-order valence-electron chi connectivity index (χ3n) is 4.55. The van der Waals surface area contributed by atoms with Crippen LogP contribution in [0, 0.1) is 19.0 Å². The van der Waals surface area contributed by atoms with E-state index in [1.54, 1.807) is 0 Å². The topological polar surface area (TPSA) is 6.48 Å². The van der Waals surface area contributed by atoms with Gasteiger partial charge in [-0.2, -0.15) is 0 Å². The molecule has 0 spiro atoms. The molecule has 0 rings (SSSR count). The normalized spacial score (nSPS) is 14.8. The molecule has 0 radical (unpaired) electrons. The molecule has 9 heteroatoms. The second-order valence-corrected chi connectivity index (χ2v) is 57.5. The molecule has 0 aromatic heterocycles. The van der Waals surface area contributed by atoms with Crippen LogP contribution in [-0.2, 0) is 0 Å². The van der Waals surface area contributed by atoms with Crippen LogP contribution in [0.5, 0.6) is 0 Å². The Bertz CT molecular complexity index is 654. The van der Waals surface area contributed by atoms with Gasteiger partial charge in [-0.15, -0.1) is 0 Å². The van der Waals surface area contributed by atoms with E-state index in [4.69, 9.17) is 0 Å². The third-order valence-corrected chi connectivity index (χ3v) is 59.2. The Morgan fingerprint density at radius 2 is 0.581 bits per heavy atom. The first-order chi connectivity index (χ1) is 13.1. The van der Waals surface area contributed by atoms with E-state index in [0.717, 1.165) is 0 Å². The summed E-state index contributed by atoms with van der Waals surface area (Å²) in [5, 5.41) is 0. The second kappa shape index (κ2) is 10.0. The molecule has 0 atom stereocenters. The average molecular weight is 634 g/mol. The summed E-state index contributed by atoms with van der Waals surface area (Å²) in [6.45, 7) is 45.2. The first-order valence-corrected chi connectivity index (χ1v) is 38.0. The van der Waals surface area contributed by atoms with E-state index in [1.807, 2.05) is 0 Å². The van der Waals surface area contributed by atoms with E-state index in [9.17, 15) is 0 Å². The van der Waals surface area contributed by atoms with Crippen LogP contribution in [-0.4, -0.2) is 72.9 Å². The van der Waals surface area contributed by atoms with E-state index >= 15 is 0 Å². The van der Waals surface area contributed by atoms with Crippen molar-refractivity contribution in [2.75, 3.05) is 0 Å². The molecule has 180 valence electrons. The summed E-state index contributed by atoms with van der Waals surface area (Å²) >= 11 is -3.63. The summed E-state index contributed by atoms with van der Waals surface area (Å²) in [6, 6.07) is 0. The van der Waals surface area contributed by atoms with E-state index in [2.05, 4.69) is 142 Å². The quantitative estimate of drug-likeness (QED) is 0.225. The van der Waals surface area contributed by atoms with E-state index < -0.39 is 68.0 Å². The Kier molecular flexibility index (Phi) is 10.4. The molecular weight excluding hydrogens is 579 g/mol. The summed E-state index contributed by atoms with van der Waals surface area (Å²) in [7, 11) is -9.67. The van der Waals surface area contributed by atoms with E-state index in [-0.39, 0.29) is 0 Å². The fraction of sp³-hybridized carbons (Fsp3) is 0.818. The second-order valence-electron chi connectivity index (χ2n) is 15.0. The van der Waals surface area contributed by atoms with Crippen molar-refractivity contribution in [1.29, 1.82) is 0 Å². The van der Waals surface area contributed by atoms with Crippen molar-refractivity contribution in [3.05, 3.63) is 0 Å². The molecule has 0 aromatic rings. The van der Waals surface area contributed by atoms with Gasteiger partial charge in [-0.1, -0.05) is 0 Å². The van der Waals surface area contributed by atoms with Crippen molar-refractivity contribution < 1.29 is 0 Å². The van der Waals surface area contributed by atoms with Crippen molar-refractivity contribution in [2.45, 2.75) is 118 Å². The molecule has 2 nitrogen and oxygen atoms in total. The zero-order chi connectivity index (χ0) is 25.5. The van der Waals surface area contributed by atoms with Gasteiger partial charge in [0.15, 0.2) is 0 Å². The molecule has 0 bridgehead atoms. The number of nitrogens with zero attached hydrogens (tertiary/aromatic N) is 2. The van der Waals surface area contributed by atoms with Crippen LogP contribution >= 0.6 is 0 Å². The van der Waals surface area contributed by atoms with Crippen LogP contribution in [0.3, 0.4) is 0 Å². The van der Waals surface area contributed by atoms with Gasteiger partial charge < -0.3 is 0 Å². The summed E-state index contributed by atoms with van der Waals surface area (Å²) in [5.41, 5.74) is 7.90. The molecule has 0 heterocycles. The van der Waals surface area contributed by atoms with Crippen LogP contribution in [0.2, 0.25) is 118 Å². The first kappa shape index (κ1) is 32.1. The predicted octanol–water partition coefficient (Wildman–Crippen LogP) is 7.21. The molecule has 0 aliphatic carbocycles. The average Bonchev–Trinajstić information content (AvgIpc) is 2.34. The Hall–Kier alpha value is 1.14. The molecule has 0 N–H and O–H groups in total. The summed E-state index contributed by atoms with van der Waals surface area (Å²) in [5.74, 6) is 0. The van der Waals surface area contributed by atoms with Crippen LogP contribution in [0.15, 0.2) is 0 Å². The van der Waals surface area contributed by atoms with Gasteiger partial charge in [0.25, 0.3) is 0 Å². The molecule has 31 heavy (non-hydrogen) atoms. The van der Waals surface area contributed by atoms with Crippen molar-refractivity contribution in [3.8, 4) is 19.0 Å². The Balaban J connectivity index is 7.99. The summed E-state index contributed by atoms with van der Waals surface area (Å²) in [6.07, 6.45) is 0. The van der Waals surface area contributed by atoms with Crippen molar-refractivity contribution in [1.82, 2.24) is 4.91 Å². The van der Waals surface area contributed by atoms with Crippen molar-refractivity contribution >= 4 is 68.0 Å². The number of hydrogen-bond acceptors (Lipinski definition) is 2. The van der Waals surface area contributed by atoms with Gasteiger partial charge in [-0.05, 0) is 0 Å². The van der Waals surface area contributed by atoms with Gasteiger partial charge in [0.05, 0.1) is 0 Å². The monoisotopic (exact) mass is 634 g/mol. The van der Waals surface area contributed by atoms with Crippen molar-refractivity contribution in [3.63, 3.8) is 0 Å². The molecular formula is C22H54N2Si6Sn. The Labute approximate surface area is 208 Å². The van der Waals surface area contributed by atoms with E-state index in [0.29, 0.717) is 0 Å². The van der Waals surface area contributed by atoms with Gasteiger partial charge in [0, 0.05) is 0 Å². The van der Waals surface area contributed by atoms with Crippen LogP contribution in [0.25, 0.3) is 0 Å². The fourth-order valence-corrected chi connectivity index (χ4v) is 79.0.